The zero-order valence-electron chi connectivity index (χ0n) is 12.2. The van der Waals surface area contributed by atoms with Crippen LogP contribution in [0, 0.1) is 5.82 Å². The molecule has 1 aromatic carbocycles. The highest BCUT2D eigenvalue weighted by Gasteiger charge is 2.23. The average Bonchev–Trinajstić information content (AvgIpc) is 2.81. The van der Waals surface area contributed by atoms with Crippen molar-refractivity contribution in [2.24, 2.45) is 0 Å². The topological polar surface area (TPSA) is 54.7 Å². The largest absolute Gasteiger partial charge is 0.382 e. The van der Waals surface area contributed by atoms with E-state index in [1.807, 2.05) is 6.07 Å². The summed E-state index contributed by atoms with van der Waals surface area (Å²) in [5, 5.41) is 7.23. The molecule has 0 saturated heterocycles. The second-order valence-corrected chi connectivity index (χ2v) is 5.92. The van der Waals surface area contributed by atoms with Crippen LogP contribution in [0.15, 0.2) is 24.3 Å². The van der Waals surface area contributed by atoms with Crippen LogP contribution in [0.1, 0.15) is 56.6 Å². The summed E-state index contributed by atoms with van der Waals surface area (Å²) in [5.41, 5.74) is 8.34. The Morgan fingerprint density at radius 3 is 2.43 bits per heavy atom. The third-order valence-corrected chi connectivity index (χ3v) is 4.48. The van der Waals surface area contributed by atoms with Gasteiger partial charge in [0.15, 0.2) is 5.82 Å². The molecule has 4 heteroatoms. The van der Waals surface area contributed by atoms with Gasteiger partial charge in [0.25, 0.3) is 0 Å². The zero-order chi connectivity index (χ0) is 14.7. The molecule has 2 aromatic rings. The number of nitrogens with one attached hydrogen (secondary N) is 1. The minimum absolute atomic E-state index is 0.238. The molecule has 0 radical (unpaired) electrons. The van der Waals surface area contributed by atoms with Gasteiger partial charge in [-0.05, 0) is 18.9 Å². The van der Waals surface area contributed by atoms with E-state index in [0.717, 1.165) is 24.1 Å². The molecule has 0 unspecified atom stereocenters. The third kappa shape index (κ3) is 2.94. The molecule has 1 aliphatic carbocycles. The lowest BCUT2D eigenvalue weighted by Gasteiger charge is -2.20. The molecule has 3 rings (SSSR count). The van der Waals surface area contributed by atoms with Crippen LogP contribution >= 0.6 is 0 Å². The molecule has 0 aliphatic heterocycles. The molecule has 1 saturated carbocycles. The maximum absolute atomic E-state index is 14.1. The zero-order valence-corrected chi connectivity index (χ0v) is 12.2. The van der Waals surface area contributed by atoms with Crippen LogP contribution in [0.4, 0.5) is 10.2 Å². The van der Waals surface area contributed by atoms with Crippen molar-refractivity contribution < 1.29 is 4.39 Å². The van der Waals surface area contributed by atoms with Crippen LogP contribution in [0.25, 0.3) is 11.1 Å². The van der Waals surface area contributed by atoms with Crippen LogP contribution in [-0.2, 0) is 0 Å². The first-order valence-electron chi connectivity index (χ1n) is 7.86. The van der Waals surface area contributed by atoms with Crippen molar-refractivity contribution in [2.75, 3.05) is 5.73 Å². The highest BCUT2D eigenvalue weighted by atomic mass is 19.1. The summed E-state index contributed by atoms with van der Waals surface area (Å²) in [6.45, 7) is 0. The van der Waals surface area contributed by atoms with Gasteiger partial charge < -0.3 is 5.73 Å². The van der Waals surface area contributed by atoms with Crippen LogP contribution in [0.2, 0.25) is 0 Å². The number of hydrogen-bond acceptors (Lipinski definition) is 2. The molecule has 0 bridgehead atoms. The fraction of sp³-hybridized carbons (Fsp3) is 0.471. The number of H-pyrrole nitrogens is 1. The van der Waals surface area contributed by atoms with E-state index in [4.69, 9.17) is 5.73 Å². The smallest absolute Gasteiger partial charge is 0.153 e. The number of nitrogen functional groups attached to an aromatic ring is 1. The Balaban J connectivity index is 1.98. The molecule has 3 nitrogen and oxygen atoms in total. The third-order valence-electron chi connectivity index (χ3n) is 4.48. The van der Waals surface area contributed by atoms with E-state index in [-0.39, 0.29) is 5.82 Å². The first-order chi connectivity index (χ1) is 10.3. The van der Waals surface area contributed by atoms with Gasteiger partial charge in [0.2, 0.25) is 0 Å². The van der Waals surface area contributed by atoms with E-state index < -0.39 is 0 Å². The van der Waals surface area contributed by atoms with Gasteiger partial charge in [-0.3, -0.25) is 5.10 Å². The number of aromatic nitrogens is 2. The number of halogens is 1. The van der Waals surface area contributed by atoms with Gasteiger partial charge >= 0.3 is 0 Å². The maximum atomic E-state index is 14.1. The van der Waals surface area contributed by atoms with E-state index in [1.54, 1.807) is 12.1 Å². The van der Waals surface area contributed by atoms with E-state index in [1.165, 1.54) is 38.2 Å². The molecule has 3 N–H and O–H groups in total. The highest BCUT2D eigenvalue weighted by Crippen LogP contribution is 2.38. The summed E-state index contributed by atoms with van der Waals surface area (Å²) in [5.74, 6) is 0.569. The Labute approximate surface area is 124 Å². The second-order valence-electron chi connectivity index (χ2n) is 5.92. The normalized spacial score (nSPS) is 17.4. The summed E-state index contributed by atoms with van der Waals surface area (Å²) in [7, 11) is 0. The van der Waals surface area contributed by atoms with Crippen LogP contribution in [0.5, 0.6) is 0 Å². The van der Waals surface area contributed by atoms with Crippen LogP contribution in [0.3, 0.4) is 0 Å². The van der Waals surface area contributed by atoms with Crippen molar-refractivity contribution in [2.45, 2.75) is 50.9 Å². The number of anilines is 1. The summed E-state index contributed by atoms with van der Waals surface area (Å²) in [4.78, 5) is 0. The predicted molar refractivity (Wildman–Crippen MR) is 83.5 cm³/mol. The standard InChI is InChI=1S/C17H22FN3/c18-14-11-7-6-10-13(14)15-16(20-21-17(15)19)12-8-4-2-1-3-5-9-12/h6-7,10-12H,1-5,8-9H2,(H3,19,20,21). The van der Waals surface area contributed by atoms with Crippen LogP contribution < -0.4 is 5.73 Å². The summed E-state index contributed by atoms with van der Waals surface area (Å²) < 4.78 is 14.1. The first-order valence-corrected chi connectivity index (χ1v) is 7.86. The maximum Gasteiger partial charge on any atom is 0.153 e. The van der Waals surface area contributed by atoms with E-state index in [0.29, 0.717) is 17.3 Å². The molecule has 0 amide bonds. The van der Waals surface area contributed by atoms with E-state index in [2.05, 4.69) is 10.2 Å². The molecule has 0 atom stereocenters. The molecular formula is C17H22FN3. The Hall–Kier alpha value is -1.84. The van der Waals surface area contributed by atoms with E-state index >= 15 is 0 Å². The average molecular weight is 287 g/mol. The van der Waals surface area contributed by atoms with Gasteiger partial charge in [-0.1, -0.05) is 50.3 Å². The van der Waals surface area contributed by atoms with Crippen molar-refractivity contribution in [1.29, 1.82) is 0 Å². The summed E-state index contributed by atoms with van der Waals surface area (Å²) in [6, 6.07) is 6.80. The summed E-state index contributed by atoms with van der Waals surface area (Å²) in [6.07, 6.45) is 8.61. The highest BCUT2D eigenvalue weighted by molar-refractivity contribution is 5.77. The number of hydrogen-bond donors (Lipinski definition) is 2. The molecule has 1 fully saturated rings. The molecular weight excluding hydrogens is 265 g/mol. The fourth-order valence-corrected chi connectivity index (χ4v) is 3.36. The Kier molecular flexibility index (Phi) is 4.23. The second kappa shape index (κ2) is 6.29. The van der Waals surface area contributed by atoms with Gasteiger partial charge in [0, 0.05) is 22.7 Å². The number of nitrogens with zero attached hydrogens (tertiary/aromatic N) is 1. The van der Waals surface area contributed by atoms with Gasteiger partial charge in [0.05, 0.1) is 0 Å². The predicted octanol–water partition coefficient (Wildman–Crippen LogP) is 4.63. The SMILES string of the molecule is Nc1n[nH]c(C2CCCCCCC2)c1-c1ccccc1F. The van der Waals surface area contributed by atoms with Crippen molar-refractivity contribution >= 4 is 5.82 Å². The lowest BCUT2D eigenvalue weighted by molar-refractivity contribution is 0.449. The van der Waals surface area contributed by atoms with Crippen molar-refractivity contribution in [3.05, 3.63) is 35.8 Å². The molecule has 1 aliphatic rings. The molecule has 0 spiro atoms. The van der Waals surface area contributed by atoms with Gasteiger partial charge in [-0.25, -0.2) is 4.39 Å². The fourth-order valence-electron chi connectivity index (χ4n) is 3.36. The number of nitrogens with two attached hydrogens (primary N) is 1. The van der Waals surface area contributed by atoms with Crippen molar-refractivity contribution in [1.82, 2.24) is 10.2 Å². The van der Waals surface area contributed by atoms with Gasteiger partial charge in [-0.15, -0.1) is 0 Å². The molecule has 21 heavy (non-hydrogen) atoms. The Morgan fingerprint density at radius 2 is 1.71 bits per heavy atom. The number of rotatable bonds is 2. The molecule has 1 heterocycles. The van der Waals surface area contributed by atoms with E-state index in [9.17, 15) is 4.39 Å². The lowest BCUT2D eigenvalue weighted by atomic mass is 9.86. The van der Waals surface area contributed by atoms with Crippen LogP contribution in [-0.4, -0.2) is 10.2 Å². The number of benzene rings is 1. The van der Waals surface area contributed by atoms with Gasteiger partial charge in [0.1, 0.15) is 5.82 Å². The Bertz CT molecular complexity index is 598. The van der Waals surface area contributed by atoms with Crippen molar-refractivity contribution in [3.63, 3.8) is 0 Å². The van der Waals surface area contributed by atoms with Crippen molar-refractivity contribution in [3.8, 4) is 11.1 Å². The molecule has 112 valence electrons. The number of aromatic amines is 1. The Morgan fingerprint density at radius 1 is 1.05 bits per heavy atom. The minimum Gasteiger partial charge on any atom is -0.382 e. The minimum atomic E-state index is -0.238. The monoisotopic (exact) mass is 287 g/mol. The quantitative estimate of drug-likeness (QED) is 0.846. The first kappa shape index (κ1) is 14.1. The van der Waals surface area contributed by atoms with Gasteiger partial charge in [-0.2, -0.15) is 5.10 Å². The molecule has 1 aromatic heterocycles. The summed E-state index contributed by atoms with van der Waals surface area (Å²) >= 11 is 0. The lowest BCUT2D eigenvalue weighted by Crippen LogP contribution is -2.05.